The van der Waals surface area contributed by atoms with E-state index in [0.717, 1.165) is 24.1 Å². The molecule has 1 atom stereocenters. The largest absolute Gasteiger partial charge is 0.496 e. The topological polar surface area (TPSA) is 75.3 Å². The summed E-state index contributed by atoms with van der Waals surface area (Å²) in [6.07, 6.45) is 1.06. The predicted molar refractivity (Wildman–Crippen MR) is 102 cm³/mol. The first-order valence-electron chi connectivity index (χ1n) is 9.14. The Balaban J connectivity index is 1.71. The summed E-state index contributed by atoms with van der Waals surface area (Å²) in [5.41, 5.74) is 2.49. The lowest BCUT2D eigenvalue weighted by Gasteiger charge is -2.29. The van der Waals surface area contributed by atoms with Crippen LogP contribution in [-0.2, 0) is 6.42 Å². The maximum absolute atomic E-state index is 13.2. The third-order valence-corrected chi connectivity index (χ3v) is 5.18. The molecule has 7 heteroatoms. The zero-order chi connectivity index (χ0) is 19.7. The van der Waals surface area contributed by atoms with Gasteiger partial charge < -0.3 is 29.0 Å². The van der Waals surface area contributed by atoms with Gasteiger partial charge in [0, 0.05) is 18.0 Å². The number of carbonyl (C=O) groups is 1. The second-order valence-corrected chi connectivity index (χ2v) is 6.64. The van der Waals surface area contributed by atoms with Gasteiger partial charge in [-0.25, -0.2) is 0 Å². The number of ketones is 1. The van der Waals surface area contributed by atoms with E-state index in [1.807, 2.05) is 6.07 Å². The van der Waals surface area contributed by atoms with Crippen molar-refractivity contribution in [3.05, 3.63) is 41.0 Å². The summed E-state index contributed by atoms with van der Waals surface area (Å²) in [5, 5.41) is 3.44. The van der Waals surface area contributed by atoms with Crippen LogP contribution in [0.1, 0.15) is 33.9 Å². The second kappa shape index (κ2) is 7.59. The maximum Gasteiger partial charge on any atom is 0.231 e. The van der Waals surface area contributed by atoms with Crippen LogP contribution in [0.25, 0.3) is 0 Å². The number of ether oxygens (including phenoxy) is 5. The zero-order valence-electron chi connectivity index (χ0n) is 16.2. The Bertz CT molecular complexity index is 888. The summed E-state index contributed by atoms with van der Waals surface area (Å²) >= 11 is 0. The van der Waals surface area contributed by atoms with Gasteiger partial charge in [0.1, 0.15) is 17.1 Å². The number of Topliss-reactive ketones (excluding diaryl/α,β-unsaturated/α-hetero) is 1. The Morgan fingerprint density at radius 2 is 1.89 bits per heavy atom. The number of rotatable bonds is 6. The van der Waals surface area contributed by atoms with E-state index in [4.69, 9.17) is 23.7 Å². The first-order valence-corrected chi connectivity index (χ1v) is 9.14. The van der Waals surface area contributed by atoms with E-state index in [0.29, 0.717) is 34.3 Å². The van der Waals surface area contributed by atoms with E-state index in [1.165, 1.54) is 0 Å². The molecule has 0 aliphatic carbocycles. The summed E-state index contributed by atoms with van der Waals surface area (Å²) in [5.74, 6) is 2.84. The molecule has 2 aromatic carbocycles. The van der Waals surface area contributed by atoms with E-state index in [-0.39, 0.29) is 25.0 Å². The highest BCUT2D eigenvalue weighted by Gasteiger charge is 2.33. The SMILES string of the molecule is COc1cccc(OC)c1C(=O)CC1NCCc2cc3c(c(OC)c21)OCO3. The van der Waals surface area contributed by atoms with Crippen LogP contribution in [0.2, 0.25) is 0 Å². The van der Waals surface area contributed by atoms with Gasteiger partial charge in [-0.1, -0.05) is 6.07 Å². The average Bonchev–Trinajstić information content (AvgIpc) is 3.19. The van der Waals surface area contributed by atoms with Crippen molar-refractivity contribution in [3.63, 3.8) is 0 Å². The number of methoxy groups -OCH3 is 3. The molecule has 148 valence electrons. The minimum atomic E-state index is -0.213. The van der Waals surface area contributed by atoms with E-state index in [2.05, 4.69) is 5.32 Å². The van der Waals surface area contributed by atoms with E-state index in [9.17, 15) is 4.79 Å². The molecule has 1 N–H and O–H groups in total. The summed E-state index contributed by atoms with van der Waals surface area (Å²) in [6.45, 7) is 0.931. The fourth-order valence-corrected chi connectivity index (χ4v) is 3.94. The van der Waals surface area contributed by atoms with Crippen LogP contribution in [0, 0.1) is 0 Å². The number of benzene rings is 2. The minimum Gasteiger partial charge on any atom is -0.496 e. The molecular formula is C21H23NO6. The van der Waals surface area contributed by atoms with Gasteiger partial charge in [-0.3, -0.25) is 4.79 Å². The first-order chi connectivity index (χ1) is 13.7. The van der Waals surface area contributed by atoms with Crippen LogP contribution >= 0.6 is 0 Å². The first kappa shape index (κ1) is 18.4. The molecule has 0 aromatic heterocycles. The van der Waals surface area contributed by atoms with Crippen molar-refractivity contribution in [1.29, 1.82) is 0 Å². The highest BCUT2D eigenvalue weighted by molar-refractivity contribution is 6.01. The Labute approximate surface area is 163 Å². The lowest BCUT2D eigenvalue weighted by molar-refractivity contribution is 0.0961. The van der Waals surface area contributed by atoms with Crippen LogP contribution in [0.3, 0.4) is 0 Å². The molecule has 0 spiro atoms. The second-order valence-electron chi connectivity index (χ2n) is 6.64. The van der Waals surface area contributed by atoms with Crippen LogP contribution in [0.5, 0.6) is 28.7 Å². The molecule has 0 saturated carbocycles. The average molecular weight is 385 g/mol. The number of fused-ring (bicyclic) bond motifs is 2. The Hall–Kier alpha value is -2.93. The van der Waals surface area contributed by atoms with Crippen molar-refractivity contribution in [1.82, 2.24) is 5.32 Å². The Kier molecular flexibility index (Phi) is 5.00. The fourth-order valence-electron chi connectivity index (χ4n) is 3.94. The molecule has 0 bridgehead atoms. The third kappa shape index (κ3) is 3.01. The molecule has 0 radical (unpaired) electrons. The third-order valence-electron chi connectivity index (χ3n) is 5.18. The molecule has 4 rings (SSSR count). The number of hydrogen-bond donors (Lipinski definition) is 1. The van der Waals surface area contributed by atoms with Crippen LogP contribution in [-0.4, -0.2) is 40.5 Å². The highest BCUT2D eigenvalue weighted by Crippen LogP contribution is 2.48. The number of nitrogens with one attached hydrogen (secondary N) is 1. The van der Waals surface area contributed by atoms with Crippen LogP contribution < -0.4 is 29.0 Å². The van der Waals surface area contributed by atoms with Gasteiger partial charge in [0.25, 0.3) is 0 Å². The smallest absolute Gasteiger partial charge is 0.231 e. The predicted octanol–water partition coefficient (Wildman–Crippen LogP) is 2.90. The van der Waals surface area contributed by atoms with Gasteiger partial charge >= 0.3 is 0 Å². The van der Waals surface area contributed by atoms with Crippen molar-refractivity contribution < 1.29 is 28.5 Å². The quantitative estimate of drug-likeness (QED) is 0.767. The van der Waals surface area contributed by atoms with Crippen molar-refractivity contribution in [3.8, 4) is 28.7 Å². The Morgan fingerprint density at radius 3 is 2.57 bits per heavy atom. The molecule has 0 amide bonds. The fraction of sp³-hybridized carbons (Fsp3) is 0.381. The summed E-state index contributed by atoms with van der Waals surface area (Å²) < 4.78 is 27.6. The Morgan fingerprint density at radius 1 is 1.14 bits per heavy atom. The van der Waals surface area contributed by atoms with Gasteiger partial charge in [-0.2, -0.15) is 0 Å². The molecule has 0 fully saturated rings. The standard InChI is InChI=1S/C21H23NO6/c1-24-15-5-4-6-16(25-2)19(15)14(23)10-13-18-12(7-8-22-13)9-17-20(21(18)26-3)28-11-27-17/h4-6,9,13,22H,7-8,10-11H2,1-3H3. The molecule has 0 saturated heterocycles. The minimum absolute atomic E-state index is 0.0700. The van der Waals surface area contributed by atoms with E-state index < -0.39 is 0 Å². The molecule has 28 heavy (non-hydrogen) atoms. The molecule has 7 nitrogen and oxygen atoms in total. The molecular weight excluding hydrogens is 362 g/mol. The highest BCUT2D eigenvalue weighted by atomic mass is 16.7. The van der Waals surface area contributed by atoms with Crippen molar-refractivity contribution in [2.75, 3.05) is 34.7 Å². The molecule has 1 unspecified atom stereocenters. The summed E-state index contributed by atoms with van der Waals surface area (Å²) in [7, 11) is 4.70. The van der Waals surface area contributed by atoms with Crippen molar-refractivity contribution in [2.45, 2.75) is 18.9 Å². The summed E-state index contributed by atoms with van der Waals surface area (Å²) in [4.78, 5) is 13.2. The molecule has 2 aromatic rings. The van der Waals surface area contributed by atoms with Gasteiger partial charge in [0.15, 0.2) is 17.3 Å². The maximum atomic E-state index is 13.2. The monoisotopic (exact) mass is 385 g/mol. The number of hydrogen-bond acceptors (Lipinski definition) is 7. The summed E-state index contributed by atoms with van der Waals surface area (Å²) in [6, 6.07) is 7.09. The van der Waals surface area contributed by atoms with Crippen molar-refractivity contribution in [2.24, 2.45) is 0 Å². The zero-order valence-corrected chi connectivity index (χ0v) is 16.2. The van der Waals surface area contributed by atoms with Crippen LogP contribution in [0.15, 0.2) is 24.3 Å². The van der Waals surface area contributed by atoms with Gasteiger partial charge in [0.2, 0.25) is 12.5 Å². The van der Waals surface area contributed by atoms with Gasteiger partial charge in [0.05, 0.1) is 21.3 Å². The van der Waals surface area contributed by atoms with Crippen LogP contribution in [0.4, 0.5) is 0 Å². The van der Waals surface area contributed by atoms with E-state index in [1.54, 1.807) is 39.5 Å². The molecule has 2 aliphatic rings. The lowest BCUT2D eigenvalue weighted by atomic mass is 9.88. The van der Waals surface area contributed by atoms with Gasteiger partial charge in [-0.15, -0.1) is 0 Å². The molecule has 2 heterocycles. The number of carbonyl (C=O) groups excluding carboxylic acids is 1. The normalized spacial score (nSPS) is 17.0. The van der Waals surface area contributed by atoms with E-state index >= 15 is 0 Å². The van der Waals surface area contributed by atoms with Gasteiger partial charge in [-0.05, 0) is 36.7 Å². The molecule has 2 aliphatic heterocycles. The lowest BCUT2D eigenvalue weighted by Crippen LogP contribution is -2.32. The van der Waals surface area contributed by atoms with Crippen molar-refractivity contribution >= 4 is 5.78 Å².